The number of pyridine rings is 1. The number of nitrogens with zero attached hydrogens (tertiary/aromatic N) is 1. The molecule has 1 unspecified atom stereocenters. The first-order chi connectivity index (χ1) is 9.58. The van der Waals surface area contributed by atoms with Gasteiger partial charge in [0.05, 0.1) is 7.11 Å². The predicted molar refractivity (Wildman–Crippen MR) is 72.5 cm³/mol. The van der Waals surface area contributed by atoms with Crippen LogP contribution in [0.2, 0.25) is 0 Å². The number of rotatable bonds is 5. The van der Waals surface area contributed by atoms with E-state index in [1.54, 1.807) is 19.4 Å². The van der Waals surface area contributed by atoms with Gasteiger partial charge < -0.3 is 10.5 Å². The lowest BCUT2D eigenvalue weighted by atomic mass is 10.0. The van der Waals surface area contributed by atoms with Crippen LogP contribution in [0.15, 0.2) is 36.5 Å². The van der Waals surface area contributed by atoms with E-state index in [1.165, 1.54) is 6.07 Å². The molecule has 0 amide bonds. The standard InChI is InChI=1S/C15H16F2N2O/c1-20-15-5-2-10(9-19-15)6-13(18)8-11-7-12(16)3-4-14(11)17/h2-5,7,9,13H,6,8,18H2,1H3. The molecule has 0 aliphatic carbocycles. The lowest BCUT2D eigenvalue weighted by molar-refractivity contribution is 0.397. The van der Waals surface area contributed by atoms with Crippen LogP contribution in [0.3, 0.4) is 0 Å². The van der Waals surface area contributed by atoms with Crippen molar-refractivity contribution in [1.82, 2.24) is 4.98 Å². The number of ether oxygens (including phenoxy) is 1. The van der Waals surface area contributed by atoms with Crippen LogP contribution in [-0.2, 0) is 12.8 Å². The van der Waals surface area contributed by atoms with Crippen molar-refractivity contribution < 1.29 is 13.5 Å². The molecular formula is C15H16F2N2O. The summed E-state index contributed by atoms with van der Waals surface area (Å²) >= 11 is 0. The highest BCUT2D eigenvalue weighted by Gasteiger charge is 2.10. The molecule has 0 aliphatic rings. The van der Waals surface area contributed by atoms with Gasteiger partial charge in [0.1, 0.15) is 11.6 Å². The number of halogens is 2. The summed E-state index contributed by atoms with van der Waals surface area (Å²) in [5.74, 6) is -0.368. The first-order valence-electron chi connectivity index (χ1n) is 6.27. The zero-order chi connectivity index (χ0) is 14.5. The Morgan fingerprint density at radius 1 is 1.20 bits per heavy atom. The van der Waals surface area contributed by atoms with Gasteiger partial charge in [0.15, 0.2) is 0 Å². The van der Waals surface area contributed by atoms with E-state index in [4.69, 9.17) is 10.5 Å². The van der Waals surface area contributed by atoms with E-state index in [2.05, 4.69) is 4.98 Å². The maximum absolute atomic E-state index is 13.5. The van der Waals surface area contributed by atoms with E-state index in [1.807, 2.05) is 6.07 Å². The van der Waals surface area contributed by atoms with Crippen LogP contribution in [0.25, 0.3) is 0 Å². The Morgan fingerprint density at radius 3 is 2.65 bits per heavy atom. The number of hydrogen-bond acceptors (Lipinski definition) is 3. The normalized spacial score (nSPS) is 12.2. The Morgan fingerprint density at radius 2 is 2.00 bits per heavy atom. The highest BCUT2D eigenvalue weighted by atomic mass is 19.1. The second kappa shape index (κ2) is 6.43. The Bertz CT molecular complexity index is 573. The van der Waals surface area contributed by atoms with Gasteiger partial charge in [-0.25, -0.2) is 13.8 Å². The first-order valence-corrected chi connectivity index (χ1v) is 6.27. The minimum atomic E-state index is -0.459. The van der Waals surface area contributed by atoms with Gasteiger partial charge in [-0.3, -0.25) is 0 Å². The molecule has 0 spiro atoms. The Labute approximate surface area is 116 Å². The molecule has 5 heteroatoms. The lowest BCUT2D eigenvalue weighted by Gasteiger charge is -2.12. The lowest BCUT2D eigenvalue weighted by Crippen LogP contribution is -2.26. The first kappa shape index (κ1) is 14.4. The van der Waals surface area contributed by atoms with Crippen LogP contribution in [-0.4, -0.2) is 18.1 Å². The maximum Gasteiger partial charge on any atom is 0.212 e. The molecule has 0 aliphatic heterocycles. The molecule has 1 aromatic heterocycles. The van der Waals surface area contributed by atoms with E-state index >= 15 is 0 Å². The van der Waals surface area contributed by atoms with E-state index in [0.29, 0.717) is 17.9 Å². The van der Waals surface area contributed by atoms with Crippen LogP contribution in [0, 0.1) is 11.6 Å². The molecule has 0 radical (unpaired) electrons. The number of methoxy groups -OCH3 is 1. The van der Waals surface area contributed by atoms with Crippen molar-refractivity contribution in [2.75, 3.05) is 7.11 Å². The van der Waals surface area contributed by atoms with Gasteiger partial charge in [0, 0.05) is 18.3 Å². The van der Waals surface area contributed by atoms with Crippen molar-refractivity contribution in [3.63, 3.8) is 0 Å². The summed E-state index contributed by atoms with van der Waals surface area (Å²) in [6, 6.07) is 6.69. The molecule has 3 nitrogen and oxygen atoms in total. The van der Waals surface area contributed by atoms with Crippen LogP contribution in [0.5, 0.6) is 5.88 Å². The average molecular weight is 278 g/mol. The van der Waals surface area contributed by atoms with E-state index < -0.39 is 11.6 Å². The van der Waals surface area contributed by atoms with E-state index in [9.17, 15) is 8.78 Å². The monoisotopic (exact) mass is 278 g/mol. The van der Waals surface area contributed by atoms with Gasteiger partial charge in [0.2, 0.25) is 5.88 Å². The molecule has 2 N–H and O–H groups in total. The number of nitrogens with two attached hydrogens (primary N) is 1. The second-order valence-corrected chi connectivity index (χ2v) is 4.61. The predicted octanol–water partition coefficient (Wildman–Crippen LogP) is 2.48. The van der Waals surface area contributed by atoms with E-state index in [-0.39, 0.29) is 12.5 Å². The third-order valence-electron chi connectivity index (χ3n) is 2.99. The van der Waals surface area contributed by atoms with Crippen molar-refractivity contribution >= 4 is 0 Å². The molecule has 2 aromatic rings. The van der Waals surface area contributed by atoms with E-state index in [0.717, 1.165) is 17.7 Å². The number of benzene rings is 1. The van der Waals surface area contributed by atoms with Gasteiger partial charge in [-0.1, -0.05) is 6.07 Å². The summed E-state index contributed by atoms with van der Waals surface area (Å²) in [6.45, 7) is 0. The summed E-state index contributed by atoms with van der Waals surface area (Å²) in [5.41, 5.74) is 7.20. The highest BCUT2D eigenvalue weighted by molar-refractivity contribution is 5.22. The average Bonchev–Trinajstić information content (AvgIpc) is 2.43. The molecular weight excluding hydrogens is 262 g/mol. The van der Waals surface area contributed by atoms with Gasteiger partial charge in [-0.05, 0) is 42.2 Å². The summed E-state index contributed by atoms with van der Waals surface area (Å²) < 4.78 is 31.6. The Hall–Kier alpha value is -2.01. The van der Waals surface area contributed by atoms with Crippen LogP contribution < -0.4 is 10.5 Å². The van der Waals surface area contributed by atoms with Gasteiger partial charge in [-0.2, -0.15) is 0 Å². The third-order valence-corrected chi connectivity index (χ3v) is 2.99. The summed E-state index contributed by atoms with van der Waals surface area (Å²) in [6.07, 6.45) is 2.48. The topological polar surface area (TPSA) is 48.1 Å². The minimum Gasteiger partial charge on any atom is -0.481 e. The quantitative estimate of drug-likeness (QED) is 0.914. The van der Waals surface area contributed by atoms with Crippen molar-refractivity contribution in [2.24, 2.45) is 5.73 Å². The van der Waals surface area contributed by atoms with Crippen LogP contribution >= 0.6 is 0 Å². The van der Waals surface area contributed by atoms with Crippen LogP contribution in [0.1, 0.15) is 11.1 Å². The van der Waals surface area contributed by atoms with Gasteiger partial charge >= 0.3 is 0 Å². The smallest absolute Gasteiger partial charge is 0.212 e. The SMILES string of the molecule is COc1ccc(CC(N)Cc2cc(F)ccc2F)cn1. The second-order valence-electron chi connectivity index (χ2n) is 4.61. The molecule has 0 bridgehead atoms. The Balaban J connectivity index is 2.00. The fourth-order valence-electron chi connectivity index (χ4n) is 2.01. The van der Waals surface area contributed by atoms with Crippen molar-refractivity contribution in [3.8, 4) is 5.88 Å². The molecule has 0 saturated carbocycles. The summed E-state index contributed by atoms with van der Waals surface area (Å²) in [5, 5.41) is 0. The molecule has 1 atom stereocenters. The summed E-state index contributed by atoms with van der Waals surface area (Å²) in [4.78, 5) is 4.08. The molecule has 2 rings (SSSR count). The largest absolute Gasteiger partial charge is 0.481 e. The molecule has 20 heavy (non-hydrogen) atoms. The Kier molecular flexibility index (Phi) is 4.63. The fraction of sp³-hybridized carbons (Fsp3) is 0.267. The van der Waals surface area contributed by atoms with Gasteiger partial charge in [-0.15, -0.1) is 0 Å². The number of hydrogen-bond donors (Lipinski definition) is 1. The van der Waals surface area contributed by atoms with Crippen molar-refractivity contribution in [3.05, 3.63) is 59.3 Å². The molecule has 1 aromatic carbocycles. The zero-order valence-electron chi connectivity index (χ0n) is 11.1. The summed E-state index contributed by atoms with van der Waals surface area (Å²) in [7, 11) is 1.54. The fourth-order valence-corrected chi connectivity index (χ4v) is 2.01. The van der Waals surface area contributed by atoms with Crippen LogP contribution in [0.4, 0.5) is 8.78 Å². The maximum atomic E-state index is 13.5. The molecule has 106 valence electrons. The molecule has 1 heterocycles. The molecule has 0 saturated heterocycles. The highest BCUT2D eigenvalue weighted by Crippen LogP contribution is 2.14. The minimum absolute atomic E-state index is 0.273. The number of aromatic nitrogens is 1. The third kappa shape index (κ3) is 3.74. The zero-order valence-corrected chi connectivity index (χ0v) is 11.1. The van der Waals surface area contributed by atoms with Gasteiger partial charge in [0.25, 0.3) is 0 Å². The van der Waals surface area contributed by atoms with Crippen molar-refractivity contribution in [2.45, 2.75) is 18.9 Å². The van der Waals surface area contributed by atoms with Crippen molar-refractivity contribution in [1.29, 1.82) is 0 Å². The molecule has 0 fully saturated rings.